The van der Waals surface area contributed by atoms with Crippen LogP contribution in [0, 0.1) is 10.1 Å². The fraction of sp³-hybridized carbons (Fsp3) is 0.273. The number of nitrogens with zero attached hydrogens (tertiary/aromatic N) is 3. The lowest BCUT2D eigenvalue weighted by atomic mass is 10.1. The number of nitro groups is 1. The van der Waals surface area contributed by atoms with Crippen molar-refractivity contribution >= 4 is 17.3 Å². The molecule has 0 saturated carbocycles. The lowest BCUT2D eigenvalue weighted by Gasteiger charge is -2.11. The van der Waals surface area contributed by atoms with Gasteiger partial charge in [-0.25, -0.2) is 9.97 Å². The molecule has 9 heteroatoms. The summed E-state index contributed by atoms with van der Waals surface area (Å²) in [6.45, 7) is 0.976. The maximum Gasteiger partial charge on any atom is 0.353 e. The molecule has 31 heavy (non-hydrogen) atoms. The van der Waals surface area contributed by atoms with E-state index in [1.807, 2.05) is 48.5 Å². The van der Waals surface area contributed by atoms with Crippen molar-refractivity contribution < 1.29 is 14.4 Å². The molecule has 2 N–H and O–H groups in total. The first-order valence-corrected chi connectivity index (χ1v) is 9.84. The van der Waals surface area contributed by atoms with Crippen LogP contribution in [0.2, 0.25) is 0 Å². The highest BCUT2D eigenvalue weighted by Gasteiger charge is 2.22. The van der Waals surface area contributed by atoms with Crippen molar-refractivity contribution in [2.24, 2.45) is 0 Å². The van der Waals surface area contributed by atoms with E-state index in [1.54, 1.807) is 14.2 Å². The Morgan fingerprint density at radius 3 is 2.06 bits per heavy atom. The summed E-state index contributed by atoms with van der Waals surface area (Å²) in [4.78, 5) is 19.3. The van der Waals surface area contributed by atoms with Crippen molar-refractivity contribution in [1.82, 2.24) is 9.97 Å². The monoisotopic (exact) mass is 423 g/mol. The van der Waals surface area contributed by atoms with E-state index in [1.165, 1.54) is 6.33 Å². The van der Waals surface area contributed by atoms with Crippen LogP contribution in [0.3, 0.4) is 0 Å². The topological polar surface area (TPSA) is 111 Å². The number of hydrogen-bond acceptors (Lipinski definition) is 8. The van der Waals surface area contributed by atoms with Crippen molar-refractivity contribution in [3.8, 4) is 11.5 Å². The first kappa shape index (κ1) is 21.8. The Balaban J connectivity index is 1.64. The van der Waals surface area contributed by atoms with Crippen molar-refractivity contribution in [3.63, 3.8) is 0 Å². The summed E-state index contributed by atoms with van der Waals surface area (Å²) in [7, 11) is 3.16. The van der Waals surface area contributed by atoms with Crippen molar-refractivity contribution in [1.29, 1.82) is 0 Å². The Labute approximate surface area is 180 Å². The van der Waals surface area contributed by atoms with E-state index in [9.17, 15) is 10.1 Å². The average molecular weight is 423 g/mol. The Morgan fingerprint density at radius 1 is 0.871 bits per heavy atom. The molecule has 9 nitrogen and oxygen atoms in total. The molecule has 0 spiro atoms. The van der Waals surface area contributed by atoms with Gasteiger partial charge in [-0.3, -0.25) is 10.1 Å². The van der Waals surface area contributed by atoms with Crippen LogP contribution in [-0.4, -0.2) is 42.2 Å². The number of hydrogen-bond donors (Lipinski definition) is 2. The van der Waals surface area contributed by atoms with Gasteiger partial charge in [0.05, 0.1) is 19.1 Å². The van der Waals surface area contributed by atoms with Gasteiger partial charge in [0.1, 0.15) is 6.33 Å². The Kier molecular flexibility index (Phi) is 7.58. The van der Waals surface area contributed by atoms with Crippen LogP contribution in [0.25, 0.3) is 0 Å². The van der Waals surface area contributed by atoms with Crippen LogP contribution in [0.15, 0.2) is 54.9 Å². The summed E-state index contributed by atoms with van der Waals surface area (Å²) in [5.41, 5.74) is 1.98. The molecule has 0 unspecified atom stereocenters. The molecule has 1 aromatic heterocycles. The molecule has 3 rings (SSSR count). The van der Waals surface area contributed by atoms with E-state index in [2.05, 4.69) is 20.6 Å². The molecule has 0 saturated heterocycles. The van der Waals surface area contributed by atoms with E-state index < -0.39 is 4.92 Å². The molecule has 2 aromatic carbocycles. The second-order valence-corrected chi connectivity index (χ2v) is 6.71. The molecule has 1 heterocycles. The molecule has 0 radical (unpaired) electrons. The summed E-state index contributed by atoms with van der Waals surface area (Å²) in [5, 5.41) is 17.8. The average Bonchev–Trinajstić information content (AvgIpc) is 2.79. The fourth-order valence-corrected chi connectivity index (χ4v) is 3.14. The Morgan fingerprint density at radius 2 is 1.48 bits per heavy atom. The predicted octanol–water partition coefficient (Wildman–Crippen LogP) is 3.71. The van der Waals surface area contributed by atoms with E-state index in [-0.39, 0.29) is 17.3 Å². The minimum absolute atomic E-state index is 0.164. The molecule has 0 aliphatic rings. The van der Waals surface area contributed by atoms with E-state index in [0.717, 1.165) is 17.5 Å². The molecular formula is C22H25N5O4. The van der Waals surface area contributed by atoms with Crippen LogP contribution in [-0.2, 0) is 12.8 Å². The number of rotatable bonds is 11. The van der Waals surface area contributed by atoms with Gasteiger partial charge in [-0.05, 0) is 36.1 Å². The number of methoxy groups -OCH3 is 2. The minimum Gasteiger partial charge on any atom is -0.493 e. The van der Waals surface area contributed by atoms with Gasteiger partial charge in [0.15, 0.2) is 11.5 Å². The van der Waals surface area contributed by atoms with Gasteiger partial charge in [-0.2, -0.15) is 0 Å². The summed E-state index contributed by atoms with van der Waals surface area (Å²) in [5.74, 6) is 1.67. The zero-order chi connectivity index (χ0) is 22.1. The first-order valence-electron chi connectivity index (χ1n) is 9.84. The Bertz CT molecular complexity index is 1010. The third-order valence-electron chi connectivity index (χ3n) is 4.71. The maximum atomic E-state index is 11.7. The highest BCUT2D eigenvalue weighted by molar-refractivity contribution is 5.69. The van der Waals surface area contributed by atoms with Crippen LogP contribution in [0.5, 0.6) is 11.5 Å². The van der Waals surface area contributed by atoms with Gasteiger partial charge in [0, 0.05) is 13.1 Å². The first-order chi connectivity index (χ1) is 15.1. The largest absolute Gasteiger partial charge is 0.493 e. The summed E-state index contributed by atoms with van der Waals surface area (Å²) >= 11 is 0. The quantitative estimate of drug-likeness (QED) is 0.355. The standard InChI is InChI=1S/C22H25N5O4/c1-30-18-9-8-17(14-19(18)31-2)11-13-24-22-20(27(28)29)21(25-15-26-22)23-12-10-16-6-4-3-5-7-16/h3-9,14-15H,10-13H2,1-2H3,(H2,23,24,25,26). The fourth-order valence-electron chi connectivity index (χ4n) is 3.14. The van der Waals surface area contributed by atoms with E-state index in [0.29, 0.717) is 31.0 Å². The summed E-state index contributed by atoms with van der Waals surface area (Å²) in [6, 6.07) is 15.5. The predicted molar refractivity (Wildman–Crippen MR) is 119 cm³/mol. The maximum absolute atomic E-state index is 11.7. The molecule has 162 valence electrons. The molecule has 0 aliphatic carbocycles. The van der Waals surface area contributed by atoms with Gasteiger partial charge in [-0.1, -0.05) is 36.4 Å². The normalized spacial score (nSPS) is 10.4. The Hall–Kier alpha value is -3.88. The van der Waals surface area contributed by atoms with Crippen LogP contribution < -0.4 is 20.1 Å². The van der Waals surface area contributed by atoms with Crippen LogP contribution in [0.1, 0.15) is 11.1 Å². The lowest BCUT2D eigenvalue weighted by molar-refractivity contribution is -0.383. The number of benzene rings is 2. The number of aromatic nitrogens is 2. The highest BCUT2D eigenvalue weighted by Crippen LogP contribution is 2.30. The minimum atomic E-state index is -0.469. The van der Waals surface area contributed by atoms with Crippen LogP contribution >= 0.6 is 0 Å². The zero-order valence-electron chi connectivity index (χ0n) is 17.5. The van der Waals surface area contributed by atoms with Gasteiger partial charge in [0.25, 0.3) is 0 Å². The number of nitrogens with one attached hydrogen (secondary N) is 2. The zero-order valence-corrected chi connectivity index (χ0v) is 17.5. The van der Waals surface area contributed by atoms with Crippen LogP contribution in [0.4, 0.5) is 17.3 Å². The van der Waals surface area contributed by atoms with E-state index >= 15 is 0 Å². The van der Waals surface area contributed by atoms with E-state index in [4.69, 9.17) is 9.47 Å². The molecule has 3 aromatic rings. The van der Waals surface area contributed by atoms with Crippen molar-refractivity contribution in [3.05, 3.63) is 76.1 Å². The summed E-state index contributed by atoms with van der Waals surface area (Å²) < 4.78 is 10.6. The van der Waals surface area contributed by atoms with Gasteiger partial charge >= 0.3 is 5.69 Å². The van der Waals surface area contributed by atoms with Crippen molar-refractivity contribution in [2.75, 3.05) is 37.9 Å². The second-order valence-electron chi connectivity index (χ2n) is 6.71. The third-order valence-corrected chi connectivity index (χ3v) is 4.71. The highest BCUT2D eigenvalue weighted by atomic mass is 16.6. The number of anilines is 2. The third kappa shape index (κ3) is 5.81. The molecule has 0 bridgehead atoms. The van der Waals surface area contributed by atoms with Gasteiger partial charge in [0.2, 0.25) is 11.6 Å². The number of ether oxygens (including phenoxy) is 2. The SMILES string of the molecule is COc1ccc(CCNc2ncnc(NCCc3ccccc3)c2[N+](=O)[O-])cc1OC. The van der Waals surface area contributed by atoms with Crippen molar-refractivity contribution in [2.45, 2.75) is 12.8 Å². The molecule has 0 aliphatic heterocycles. The van der Waals surface area contributed by atoms with Gasteiger partial charge < -0.3 is 20.1 Å². The molecular weight excluding hydrogens is 398 g/mol. The smallest absolute Gasteiger partial charge is 0.353 e. The molecule has 0 atom stereocenters. The molecule has 0 fully saturated rings. The lowest BCUT2D eigenvalue weighted by Crippen LogP contribution is -2.13. The summed E-state index contributed by atoms with van der Waals surface area (Å²) in [6.07, 6.45) is 2.67. The second kappa shape index (κ2) is 10.8. The molecule has 0 amide bonds. The van der Waals surface area contributed by atoms with Gasteiger partial charge in [-0.15, -0.1) is 0 Å².